The van der Waals surface area contributed by atoms with E-state index in [1.165, 1.54) is 5.56 Å². The minimum Gasteiger partial charge on any atom is -0.316 e. The van der Waals surface area contributed by atoms with Gasteiger partial charge in [-0.2, -0.15) is 0 Å². The molecule has 1 aromatic heterocycles. The van der Waals surface area contributed by atoms with Gasteiger partial charge >= 0.3 is 0 Å². The first kappa shape index (κ1) is 15.1. The Morgan fingerprint density at radius 3 is 2.44 bits per heavy atom. The van der Waals surface area contributed by atoms with Gasteiger partial charge in [-0.1, -0.05) is 20.8 Å². The van der Waals surface area contributed by atoms with E-state index in [2.05, 4.69) is 41.3 Å². The second kappa shape index (κ2) is 10.6. The van der Waals surface area contributed by atoms with E-state index in [0.29, 0.717) is 0 Å². The van der Waals surface area contributed by atoms with Gasteiger partial charge < -0.3 is 10.2 Å². The molecule has 0 spiro atoms. The van der Waals surface area contributed by atoms with Crippen molar-refractivity contribution in [2.24, 2.45) is 0 Å². The molecule has 1 rings (SSSR count). The lowest BCUT2D eigenvalue weighted by atomic mass is 10.2. The maximum Gasteiger partial charge on any atom is 0.0271 e. The number of likely N-dealkylation sites (N-methyl/N-ethyl adjacent to an activating group) is 2. The fraction of sp³-hybridized carbons (Fsp3) is 0.615. The van der Waals surface area contributed by atoms with Crippen LogP contribution in [-0.2, 0) is 6.54 Å². The lowest BCUT2D eigenvalue weighted by molar-refractivity contribution is 0.325. The topological polar surface area (TPSA) is 28.2 Å². The van der Waals surface area contributed by atoms with E-state index in [1.807, 2.05) is 26.2 Å². The highest BCUT2D eigenvalue weighted by atomic mass is 15.1. The zero-order valence-electron chi connectivity index (χ0n) is 11.0. The summed E-state index contributed by atoms with van der Waals surface area (Å²) in [5.74, 6) is 0. The Hall–Kier alpha value is -0.930. The summed E-state index contributed by atoms with van der Waals surface area (Å²) in [6.45, 7) is 10.3. The molecule has 0 atom stereocenters. The van der Waals surface area contributed by atoms with Crippen molar-refractivity contribution in [1.29, 1.82) is 0 Å². The van der Waals surface area contributed by atoms with E-state index in [0.717, 1.165) is 26.2 Å². The number of nitrogens with zero attached hydrogens (tertiary/aromatic N) is 2. The van der Waals surface area contributed by atoms with Crippen molar-refractivity contribution in [2.75, 3.05) is 26.7 Å². The summed E-state index contributed by atoms with van der Waals surface area (Å²) in [6.07, 6.45) is 3.68. The van der Waals surface area contributed by atoms with Crippen molar-refractivity contribution in [3.8, 4) is 0 Å². The molecule has 16 heavy (non-hydrogen) atoms. The van der Waals surface area contributed by atoms with Crippen molar-refractivity contribution in [1.82, 2.24) is 15.2 Å². The molecule has 92 valence electrons. The smallest absolute Gasteiger partial charge is 0.0271 e. The molecule has 0 unspecified atom stereocenters. The predicted octanol–water partition coefficient (Wildman–Crippen LogP) is 2.15. The standard InChI is InChI=1S/C11H19N3.C2H6/c1-3-12-8-9-14(2)10-11-4-6-13-7-5-11;1-2/h4-7,12H,3,8-10H2,1-2H3;1-2H3. The van der Waals surface area contributed by atoms with Gasteiger partial charge in [0.2, 0.25) is 0 Å². The van der Waals surface area contributed by atoms with Crippen LogP contribution in [0.15, 0.2) is 24.5 Å². The lowest BCUT2D eigenvalue weighted by Crippen LogP contribution is -2.28. The molecule has 1 aromatic rings. The zero-order valence-corrected chi connectivity index (χ0v) is 11.0. The number of aromatic nitrogens is 1. The van der Waals surface area contributed by atoms with E-state index >= 15 is 0 Å². The quantitative estimate of drug-likeness (QED) is 0.749. The summed E-state index contributed by atoms with van der Waals surface area (Å²) in [6, 6.07) is 4.12. The number of rotatable bonds is 6. The molecule has 1 N–H and O–H groups in total. The van der Waals surface area contributed by atoms with Gasteiger partial charge in [-0.3, -0.25) is 4.98 Å². The summed E-state index contributed by atoms with van der Waals surface area (Å²) >= 11 is 0. The van der Waals surface area contributed by atoms with Gasteiger partial charge in [0.15, 0.2) is 0 Å². The molecule has 0 amide bonds. The van der Waals surface area contributed by atoms with Gasteiger partial charge in [0, 0.05) is 32.0 Å². The summed E-state index contributed by atoms with van der Waals surface area (Å²) in [4.78, 5) is 6.30. The third-order valence-electron chi connectivity index (χ3n) is 2.12. The molecule has 1 heterocycles. The second-order valence-electron chi connectivity index (χ2n) is 3.45. The SMILES string of the molecule is CC.CCNCCN(C)Cc1ccncc1. The summed E-state index contributed by atoms with van der Waals surface area (Å²) in [5.41, 5.74) is 1.32. The molecule has 0 aliphatic carbocycles. The third-order valence-corrected chi connectivity index (χ3v) is 2.12. The Balaban J connectivity index is 0.00000106. The van der Waals surface area contributed by atoms with Crippen molar-refractivity contribution in [2.45, 2.75) is 27.3 Å². The molecule has 0 saturated carbocycles. The van der Waals surface area contributed by atoms with Crippen LogP contribution in [0.3, 0.4) is 0 Å². The first-order valence-corrected chi connectivity index (χ1v) is 6.11. The first-order valence-electron chi connectivity index (χ1n) is 6.11. The van der Waals surface area contributed by atoms with E-state index in [4.69, 9.17) is 0 Å². The number of pyridine rings is 1. The number of nitrogens with one attached hydrogen (secondary N) is 1. The van der Waals surface area contributed by atoms with Crippen LogP contribution in [0.1, 0.15) is 26.3 Å². The minimum absolute atomic E-state index is 0.994. The van der Waals surface area contributed by atoms with E-state index in [9.17, 15) is 0 Å². The second-order valence-corrected chi connectivity index (χ2v) is 3.45. The maximum absolute atomic E-state index is 4.00. The Labute approximate surface area is 99.9 Å². The van der Waals surface area contributed by atoms with Crippen LogP contribution >= 0.6 is 0 Å². The fourth-order valence-corrected chi connectivity index (χ4v) is 1.33. The van der Waals surface area contributed by atoms with E-state index in [-0.39, 0.29) is 0 Å². The molecular formula is C13H25N3. The first-order chi connectivity index (χ1) is 7.83. The van der Waals surface area contributed by atoms with Crippen LogP contribution in [0, 0.1) is 0 Å². The molecule has 0 bridgehead atoms. The molecule has 0 aliphatic heterocycles. The summed E-state index contributed by atoms with van der Waals surface area (Å²) < 4.78 is 0. The molecule has 3 heteroatoms. The summed E-state index contributed by atoms with van der Waals surface area (Å²) in [7, 11) is 2.14. The van der Waals surface area contributed by atoms with Crippen LogP contribution in [-0.4, -0.2) is 36.6 Å². The average Bonchev–Trinajstić information content (AvgIpc) is 2.33. The Kier molecular flexibility index (Phi) is 9.97. The van der Waals surface area contributed by atoms with Gasteiger partial charge in [0.05, 0.1) is 0 Å². The van der Waals surface area contributed by atoms with Crippen LogP contribution in [0.5, 0.6) is 0 Å². The summed E-state index contributed by atoms with van der Waals surface area (Å²) in [5, 5.41) is 3.31. The van der Waals surface area contributed by atoms with Crippen LogP contribution in [0.4, 0.5) is 0 Å². The predicted molar refractivity (Wildman–Crippen MR) is 70.5 cm³/mol. The fourth-order valence-electron chi connectivity index (χ4n) is 1.33. The highest BCUT2D eigenvalue weighted by Crippen LogP contribution is 1.99. The largest absolute Gasteiger partial charge is 0.316 e. The third kappa shape index (κ3) is 7.37. The van der Waals surface area contributed by atoms with Gasteiger partial charge in [-0.15, -0.1) is 0 Å². The monoisotopic (exact) mass is 223 g/mol. The normalized spacial score (nSPS) is 9.81. The number of hydrogen-bond donors (Lipinski definition) is 1. The number of hydrogen-bond acceptors (Lipinski definition) is 3. The van der Waals surface area contributed by atoms with E-state index in [1.54, 1.807) is 0 Å². The molecule has 3 nitrogen and oxygen atoms in total. The highest BCUT2D eigenvalue weighted by Gasteiger charge is 1.98. The minimum atomic E-state index is 0.994. The highest BCUT2D eigenvalue weighted by molar-refractivity contribution is 5.09. The molecule has 0 saturated heterocycles. The van der Waals surface area contributed by atoms with Gasteiger partial charge in [-0.25, -0.2) is 0 Å². The van der Waals surface area contributed by atoms with E-state index < -0.39 is 0 Å². The molecule has 0 fully saturated rings. The Morgan fingerprint density at radius 1 is 1.25 bits per heavy atom. The maximum atomic E-state index is 4.00. The van der Waals surface area contributed by atoms with Crippen molar-refractivity contribution in [3.63, 3.8) is 0 Å². The van der Waals surface area contributed by atoms with Crippen molar-refractivity contribution in [3.05, 3.63) is 30.1 Å². The molecule has 0 radical (unpaired) electrons. The van der Waals surface area contributed by atoms with Crippen LogP contribution in [0.2, 0.25) is 0 Å². The van der Waals surface area contributed by atoms with Gasteiger partial charge in [0.25, 0.3) is 0 Å². The van der Waals surface area contributed by atoms with Gasteiger partial charge in [-0.05, 0) is 31.3 Å². The van der Waals surface area contributed by atoms with Gasteiger partial charge in [0.1, 0.15) is 0 Å². The van der Waals surface area contributed by atoms with Crippen molar-refractivity contribution < 1.29 is 0 Å². The lowest BCUT2D eigenvalue weighted by Gasteiger charge is -2.16. The Bertz CT molecular complexity index is 236. The van der Waals surface area contributed by atoms with Crippen molar-refractivity contribution >= 4 is 0 Å². The average molecular weight is 223 g/mol. The Morgan fingerprint density at radius 2 is 1.88 bits per heavy atom. The van der Waals surface area contributed by atoms with Crippen LogP contribution in [0.25, 0.3) is 0 Å². The zero-order chi connectivity index (χ0) is 12.2. The molecule has 0 aliphatic rings. The molecular weight excluding hydrogens is 198 g/mol. The molecule has 0 aromatic carbocycles. The van der Waals surface area contributed by atoms with Crippen LogP contribution < -0.4 is 5.32 Å².